The number of anilines is 2. The highest BCUT2D eigenvalue weighted by molar-refractivity contribution is 6.33. The van der Waals surface area contributed by atoms with Gasteiger partial charge in [0.15, 0.2) is 11.5 Å². The first-order chi connectivity index (χ1) is 17.0. The van der Waals surface area contributed by atoms with Crippen LogP contribution < -0.4 is 11.5 Å². The van der Waals surface area contributed by atoms with E-state index in [0.717, 1.165) is 0 Å². The van der Waals surface area contributed by atoms with Crippen LogP contribution in [0.2, 0.25) is 5.02 Å². The Labute approximate surface area is 209 Å². The van der Waals surface area contributed by atoms with E-state index in [9.17, 15) is 4.39 Å². The van der Waals surface area contributed by atoms with Gasteiger partial charge in [0.25, 0.3) is 0 Å². The Morgan fingerprint density at radius 1 is 1.17 bits per heavy atom. The highest BCUT2D eigenvalue weighted by Crippen LogP contribution is 2.76. The second-order valence-corrected chi connectivity index (χ2v) is 10.9. The lowest BCUT2D eigenvalue weighted by atomic mass is 9.96. The van der Waals surface area contributed by atoms with Gasteiger partial charge in [0.05, 0.1) is 22.0 Å². The normalized spacial score (nSPS) is 32.2. The predicted molar refractivity (Wildman–Crippen MR) is 131 cm³/mol. The van der Waals surface area contributed by atoms with Crippen molar-refractivity contribution in [3.05, 3.63) is 53.2 Å². The van der Waals surface area contributed by atoms with E-state index < -0.39 is 34.9 Å². The molecule has 11 heteroatoms. The van der Waals surface area contributed by atoms with Crippen molar-refractivity contribution < 1.29 is 18.3 Å². The molecule has 3 aliphatic rings. The summed E-state index contributed by atoms with van der Waals surface area (Å²) in [6.45, 7) is 3.57. The van der Waals surface area contributed by atoms with Crippen molar-refractivity contribution in [3.63, 3.8) is 0 Å². The lowest BCUT2D eigenvalue weighted by molar-refractivity contribution is -0.163. The monoisotopic (exact) mass is 512 g/mol. The van der Waals surface area contributed by atoms with Crippen LogP contribution in [-0.2, 0) is 15.9 Å². The van der Waals surface area contributed by atoms with E-state index in [2.05, 4.69) is 15.0 Å². The molecule has 1 unspecified atom stereocenters. The average molecular weight is 513 g/mol. The minimum Gasteiger partial charge on any atom is -0.383 e. The van der Waals surface area contributed by atoms with Gasteiger partial charge in [0.1, 0.15) is 41.1 Å². The molecule has 3 aromatic heterocycles. The Morgan fingerprint density at radius 2 is 1.97 bits per heavy atom. The lowest BCUT2D eigenvalue weighted by Gasteiger charge is -2.25. The van der Waals surface area contributed by atoms with Gasteiger partial charge in [-0.25, -0.2) is 23.7 Å². The minimum absolute atomic E-state index is 0.116. The quantitative estimate of drug-likeness (QED) is 0.419. The third-order valence-electron chi connectivity index (χ3n) is 8.00. The summed E-state index contributed by atoms with van der Waals surface area (Å²) in [5.41, 5.74) is 10.6. The fourth-order valence-electron chi connectivity index (χ4n) is 6.57. The molecule has 1 aromatic carbocycles. The fraction of sp³-hybridized carbons (Fsp3) is 0.400. The number of alkyl halides is 1. The molecule has 1 spiro atoms. The fourth-order valence-corrected chi connectivity index (χ4v) is 6.72. The van der Waals surface area contributed by atoms with Crippen molar-refractivity contribution in [3.8, 4) is 0 Å². The van der Waals surface area contributed by atoms with E-state index in [4.69, 9.17) is 32.5 Å². The van der Waals surface area contributed by atoms with Crippen LogP contribution >= 0.6 is 11.6 Å². The maximum atomic E-state index is 16.8. The summed E-state index contributed by atoms with van der Waals surface area (Å²) in [6.07, 6.45) is 3.10. The molecule has 1 saturated heterocycles. The lowest BCUT2D eigenvalue weighted by Crippen LogP contribution is -2.33. The number of benzene rings is 1. The van der Waals surface area contributed by atoms with Gasteiger partial charge < -0.3 is 25.5 Å². The molecular formula is C25H23ClF2N6O2. The summed E-state index contributed by atoms with van der Waals surface area (Å²) in [6, 6.07) is 6.06. The smallest absolute Gasteiger partial charge is 0.164 e. The van der Waals surface area contributed by atoms with E-state index in [0.29, 0.717) is 27.9 Å². The maximum absolute atomic E-state index is 16.8. The number of nitrogen functional groups attached to an aromatic ring is 2. The highest BCUT2D eigenvalue weighted by atomic mass is 35.5. The Balaban J connectivity index is 1.27. The van der Waals surface area contributed by atoms with Crippen molar-refractivity contribution in [2.24, 2.45) is 5.92 Å². The summed E-state index contributed by atoms with van der Waals surface area (Å²) in [5.74, 6) is -1.50. The van der Waals surface area contributed by atoms with Gasteiger partial charge in [0.2, 0.25) is 0 Å². The molecule has 1 aliphatic heterocycles. The van der Waals surface area contributed by atoms with Crippen LogP contribution in [0.3, 0.4) is 0 Å². The number of aromatic nitrogens is 4. The van der Waals surface area contributed by atoms with Crippen LogP contribution in [0.1, 0.15) is 31.9 Å². The number of halogens is 3. The summed E-state index contributed by atoms with van der Waals surface area (Å²) in [5, 5.41) is 1.15. The van der Waals surface area contributed by atoms with Gasteiger partial charge in [-0.2, -0.15) is 0 Å². The molecule has 5 atom stereocenters. The SMILES string of the molecule is CC1(C)O[C@H]2[C@H](n3ccc4c(N)ncnc43)C[C@]3(F)C(Cc4cc(F)c5cc(Cl)c(N)nc5c4)[C@]23O1. The predicted octanol–water partition coefficient (Wildman–Crippen LogP) is 4.35. The Morgan fingerprint density at radius 3 is 2.78 bits per heavy atom. The molecule has 4 N–H and O–H groups in total. The number of hydrogen-bond acceptors (Lipinski definition) is 7. The molecule has 0 amide bonds. The summed E-state index contributed by atoms with van der Waals surface area (Å²) >= 11 is 6.01. The van der Waals surface area contributed by atoms with Gasteiger partial charge in [-0.1, -0.05) is 11.6 Å². The molecule has 4 aromatic rings. The Bertz CT molecular complexity index is 1590. The molecular weight excluding hydrogens is 490 g/mol. The first kappa shape index (κ1) is 22.1. The van der Waals surface area contributed by atoms with Crippen LogP contribution in [-0.4, -0.2) is 42.7 Å². The minimum atomic E-state index is -1.66. The van der Waals surface area contributed by atoms with Crippen molar-refractivity contribution in [2.75, 3.05) is 11.5 Å². The van der Waals surface area contributed by atoms with Crippen molar-refractivity contribution in [1.29, 1.82) is 0 Å². The number of rotatable bonds is 3. The van der Waals surface area contributed by atoms with E-state index in [1.807, 2.05) is 16.8 Å². The van der Waals surface area contributed by atoms with Gasteiger partial charge >= 0.3 is 0 Å². The van der Waals surface area contributed by atoms with Crippen LogP contribution in [0.15, 0.2) is 36.8 Å². The standard InChI is InChI=1S/C25H23ClF2N6O2/c1-23(2)35-19-17(34-4-3-12-20(29)31-10-32-22(12)34)9-24(28)18(25(19,24)36-23)7-11-5-15(27)13-8-14(26)21(30)33-16(13)6-11/h3-6,8,10,17-19H,7,9H2,1-2H3,(H2,30,33)(H2,29,31,32)/t17-,18?,19+,24+,25+/m1/s1. The van der Waals surface area contributed by atoms with Gasteiger partial charge in [0, 0.05) is 23.9 Å². The zero-order valence-corrected chi connectivity index (χ0v) is 20.3. The Kier molecular flexibility index (Phi) is 4.19. The van der Waals surface area contributed by atoms with E-state index in [1.54, 1.807) is 19.9 Å². The highest BCUT2D eigenvalue weighted by Gasteiger charge is 2.91. The molecule has 186 valence electrons. The van der Waals surface area contributed by atoms with Crippen molar-refractivity contribution in [1.82, 2.24) is 19.5 Å². The summed E-state index contributed by atoms with van der Waals surface area (Å²) in [4.78, 5) is 12.6. The molecule has 8 nitrogen and oxygen atoms in total. The molecule has 3 fully saturated rings. The van der Waals surface area contributed by atoms with Crippen LogP contribution in [0.5, 0.6) is 0 Å². The number of ether oxygens (including phenoxy) is 2. The largest absolute Gasteiger partial charge is 0.383 e. The second kappa shape index (κ2) is 6.81. The summed E-state index contributed by atoms with van der Waals surface area (Å²) in [7, 11) is 0. The number of nitrogens with zero attached hydrogens (tertiary/aromatic N) is 4. The van der Waals surface area contributed by atoms with Crippen LogP contribution in [0.25, 0.3) is 21.9 Å². The Hall–Kier alpha value is -3.08. The van der Waals surface area contributed by atoms with E-state index in [-0.39, 0.29) is 35.1 Å². The van der Waals surface area contributed by atoms with E-state index in [1.165, 1.54) is 18.5 Å². The molecule has 36 heavy (non-hydrogen) atoms. The molecule has 7 rings (SSSR count). The van der Waals surface area contributed by atoms with Gasteiger partial charge in [-0.3, -0.25) is 0 Å². The van der Waals surface area contributed by atoms with Crippen LogP contribution in [0, 0.1) is 11.7 Å². The van der Waals surface area contributed by atoms with Crippen molar-refractivity contribution in [2.45, 2.75) is 55.9 Å². The van der Waals surface area contributed by atoms with Crippen LogP contribution in [0.4, 0.5) is 20.4 Å². The first-order valence-electron chi connectivity index (χ1n) is 11.7. The number of nitrogens with two attached hydrogens (primary N) is 2. The zero-order valence-electron chi connectivity index (χ0n) is 19.5. The second-order valence-electron chi connectivity index (χ2n) is 10.4. The molecule has 0 bridgehead atoms. The molecule has 0 radical (unpaired) electrons. The number of fused-ring (bicyclic) bond motifs is 2. The van der Waals surface area contributed by atoms with Crippen molar-refractivity contribution >= 4 is 45.2 Å². The van der Waals surface area contributed by atoms with Gasteiger partial charge in [-0.05, 0) is 50.1 Å². The van der Waals surface area contributed by atoms with E-state index >= 15 is 4.39 Å². The summed E-state index contributed by atoms with van der Waals surface area (Å²) < 4.78 is 46.2. The zero-order chi connectivity index (χ0) is 25.2. The maximum Gasteiger partial charge on any atom is 0.164 e. The first-order valence-corrected chi connectivity index (χ1v) is 12.1. The topological polar surface area (TPSA) is 114 Å². The number of pyridine rings is 1. The average Bonchev–Trinajstić information content (AvgIpc) is 3.19. The molecule has 2 saturated carbocycles. The third kappa shape index (κ3) is 2.72. The third-order valence-corrected chi connectivity index (χ3v) is 8.30. The molecule has 4 heterocycles. The molecule has 2 aliphatic carbocycles. The van der Waals surface area contributed by atoms with Gasteiger partial charge in [-0.15, -0.1) is 0 Å². The number of hydrogen-bond donors (Lipinski definition) is 2.